The summed E-state index contributed by atoms with van der Waals surface area (Å²) < 4.78 is 5.39. The van der Waals surface area contributed by atoms with Gasteiger partial charge in [0.1, 0.15) is 11.6 Å². The van der Waals surface area contributed by atoms with Crippen LogP contribution in [-0.2, 0) is 9.53 Å². The lowest BCUT2D eigenvalue weighted by Gasteiger charge is -2.35. The number of hydrogen-bond acceptors (Lipinski definition) is 5. The highest BCUT2D eigenvalue weighted by Crippen LogP contribution is 2.32. The van der Waals surface area contributed by atoms with E-state index in [0.29, 0.717) is 51.7 Å². The molecule has 0 aromatic rings. The third kappa shape index (κ3) is 7.06. The van der Waals surface area contributed by atoms with Crippen LogP contribution in [0.3, 0.4) is 0 Å². The fourth-order valence-electron chi connectivity index (χ4n) is 5.24. The van der Waals surface area contributed by atoms with Crippen molar-refractivity contribution in [2.24, 2.45) is 22.6 Å². The molecule has 3 fully saturated rings. The van der Waals surface area contributed by atoms with Gasteiger partial charge in [-0.15, -0.1) is 0 Å². The Morgan fingerprint density at radius 2 is 1.88 bits per heavy atom. The molecule has 2 unspecified atom stereocenters. The summed E-state index contributed by atoms with van der Waals surface area (Å²) in [5.41, 5.74) is 4.44. The molecule has 0 spiro atoms. The summed E-state index contributed by atoms with van der Waals surface area (Å²) in [7, 11) is 0. The highest BCUT2D eigenvalue weighted by Gasteiger charge is 2.43. The van der Waals surface area contributed by atoms with Crippen LogP contribution in [0.4, 0.5) is 4.79 Å². The SMILES string of the molecule is CC(C)CC(NC(=NC(N)=O)N1CCOCC1)C(=O)NC1(C#N)CCN(C2CCC(C)CC2)C1. The Kier molecular flexibility index (Phi) is 9.14. The first-order chi connectivity index (χ1) is 16.2. The van der Waals surface area contributed by atoms with Crippen LogP contribution in [0.1, 0.15) is 59.3 Å². The van der Waals surface area contributed by atoms with Crippen LogP contribution in [0.2, 0.25) is 0 Å². The van der Waals surface area contributed by atoms with Crippen LogP contribution in [0.5, 0.6) is 0 Å². The van der Waals surface area contributed by atoms with Crippen molar-refractivity contribution in [1.29, 1.82) is 5.26 Å². The van der Waals surface area contributed by atoms with Crippen molar-refractivity contribution in [3.05, 3.63) is 0 Å². The molecule has 3 aliphatic rings. The zero-order valence-electron chi connectivity index (χ0n) is 20.9. The number of ether oxygens (including phenoxy) is 1. The first-order valence-corrected chi connectivity index (χ1v) is 12.7. The van der Waals surface area contributed by atoms with Gasteiger partial charge in [-0.25, -0.2) is 4.79 Å². The number of nitrogens with zero attached hydrogens (tertiary/aromatic N) is 4. The number of carbonyl (C=O) groups excluding carboxylic acids is 2. The maximum atomic E-state index is 13.5. The number of nitriles is 1. The van der Waals surface area contributed by atoms with E-state index in [1.165, 1.54) is 12.8 Å². The Morgan fingerprint density at radius 3 is 2.47 bits per heavy atom. The molecular weight excluding hydrogens is 434 g/mol. The number of aliphatic imine (C=N–C) groups is 1. The zero-order valence-corrected chi connectivity index (χ0v) is 20.9. The molecule has 2 aliphatic heterocycles. The molecule has 10 heteroatoms. The van der Waals surface area contributed by atoms with E-state index in [2.05, 4.69) is 33.5 Å². The normalized spacial score (nSPS) is 29.5. The van der Waals surface area contributed by atoms with Gasteiger partial charge in [0.2, 0.25) is 11.9 Å². The minimum Gasteiger partial charge on any atom is -0.378 e. The minimum absolute atomic E-state index is 0.213. The first-order valence-electron chi connectivity index (χ1n) is 12.7. The topological polar surface area (TPSA) is 136 Å². The predicted octanol–water partition coefficient (Wildman–Crippen LogP) is 1.42. The van der Waals surface area contributed by atoms with E-state index in [0.717, 1.165) is 25.3 Å². The summed E-state index contributed by atoms with van der Waals surface area (Å²) in [6.07, 6.45) is 5.89. The molecule has 2 heterocycles. The van der Waals surface area contributed by atoms with E-state index in [-0.39, 0.29) is 17.8 Å². The molecule has 34 heavy (non-hydrogen) atoms. The average Bonchev–Trinajstić information content (AvgIpc) is 3.23. The molecular formula is C24H41N7O3. The smallest absolute Gasteiger partial charge is 0.341 e. The average molecular weight is 476 g/mol. The highest BCUT2D eigenvalue weighted by molar-refractivity contribution is 5.95. The molecule has 2 atom stereocenters. The lowest BCUT2D eigenvalue weighted by atomic mass is 9.86. The number of guanidine groups is 1. The Morgan fingerprint density at radius 1 is 1.21 bits per heavy atom. The molecule has 0 bridgehead atoms. The number of carbonyl (C=O) groups is 2. The van der Waals surface area contributed by atoms with E-state index >= 15 is 0 Å². The lowest BCUT2D eigenvalue weighted by Crippen LogP contribution is -2.59. The van der Waals surface area contributed by atoms with Crippen molar-refractivity contribution < 1.29 is 14.3 Å². The zero-order chi connectivity index (χ0) is 24.7. The minimum atomic E-state index is -0.906. The summed E-state index contributed by atoms with van der Waals surface area (Å²) in [5, 5.41) is 16.3. The molecule has 3 rings (SSSR count). The van der Waals surface area contributed by atoms with E-state index in [1.807, 2.05) is 18.7 Å². The summed E-state index contributed by atoms with van der Waals surface area (Å²) >= 11 is 0. The van der Waals surface area contributed by atoms with Gasteiger partial charge >= 0.3 is 6.03 Å². The van der Waals surface area contributed by atoms with Crippen molar-refractivity contribution in [3.63, 3.8) is 0 Å². The van der Waals surface area contributed by atoms with E-state index in [9.17, 15) is 14.9 Å². The number of primary amides is 1. The van der Waals surface area contributed by atoms with Crippen LogP contribution < -0.4 is 16.4 Å². The lowest BCUT2D eigenvalue weighted by molar-refractivity contribution is -0.124. The van der Waals surface area contributed by atoms with Crippen molar-refractivity contribution >= 4 is 17.9 Å². The van der Waals surface area contributed by atoms with Crippen LogP contribution in [0.15, 0.2) is 4.99 Å². The van der Waals surface area contributed by atoms with Crippen molar-refractivity contribution in [1.82, 2.24) is 20.4 Å². The monoisotopic (exact) mass is 475 g/mol. The molecule has 190 valence electrons. The quantitative estimate of drug-likeness (QED) is 0.390. The van der Waals surface area contributed by atoms with Crippen molar-refractivity contribution in [2.75, 3.05) is 39.4 Å². The van der Waals surface area contributed by atoms with E-state index < -0.39 is 17.6 Å². The van der Waals surface area contributed by atoms with Gasteiger partial charge in [-0.1, -0.05) is 20.8 Å². The second-order valence-corrected chi connectivity index (χ2v) is 10.5. The number of likely N-dealkylation sites (tertiary alicyclic amines) is 1. The van der Waals surface area contributed by atoms with Crippen LogP contribution in [0.25, 0.3) is 0 Å². The third-order valence-electron chi connectivity index (χ3n) is 7.23. The number of rotatable bonds is 6. The van der Waals surface area contributed by atoms with Gasteiger partial charge in [-0.3, -0.25) is 9.69 Å². The Labute approximate surface area is 203 Å². The summed E-state index contributed by atoms with van der Waals surface area (Å²) in [6.45, 7) is 9.84. The predicted molar refractivity (Wildman–Crippen MR) is 130 cm³/mol. The number of morpholine rings is 1. The van der Waals surface area contributed by atoms with Crippen LogP contribution in [0, 0.1) is 23.2 Å². The molecule has 0 aromatic heterocycles. The van der Waals surface area contributed by atoms with Gasteiger partial charge in [-0.2, -0.15) is 10.3 Å². The first kappa shape index (κ1) is 26.2. The second-order valence-electron chi connectivity index (χ2n) is 10.5. The molecule has 3 amide bonds. The molecule has 2 saturated heterocycles. The molecule has 1 saturated carbocycles. The van der Waals surface area contributed by atoms with E-state index in [4.69, 9.17) is 10.5 Å². The summed E-state index contributed by atoms with van der Waals surface area (Å²) in [5.74, 6) is 1.02. The van der Waals surface area contributed by atoms with E-state index in [1.54, 1.807) is 0 Å². The van der Waals surface area contributed by atoms with Gasteiger partial charge in [-0.05, 0) is 50.4 Å². The molecule has 0 radical (unpaired) electrons. The fourth-order valence-corrected chi connectivity index (χ4v) is 5.24. The fraction of sp³-hybridized carbons (Fsp3) is 0.833. The largest absolute Gasteiger partial charge is 0.378 e. The van der Waals surface area contributed by atoms with Gasteiger partial charge in [0, 0.05) is 32.2 Å². The van der Waals surface area contributed by atoms with Gasteiger partial charge in [0.15, 0.2) is 0 Å². The van der Waals surface area contributed by atoms with Gasteiger partial charge < -0.3 is 26.0 Å². The Hall–Kier alpha value is -2.38. The third-order valence-corrected chi connectivity index (χ3v) is 7.23. The number of nitrogens with two attached hydrogens (primary N) is 1. The van der Waals surface area contributed by atoms with Crippen molar-refractivity contribution in [2.45, 2.75) is 76.9 Å². The number of urea groups is 1. The Bertz CT molecular complexity index is 782. The highest BCUT2D eigenvalue weighted by atomic mass is 16.5. The Balaban J connectivity index is 1.70. The van der Waals surface area contributed by atoms with Gasteiger partial charge in [0.05, 0.1) is 19.3 Å². The number of amides is 3. The summed E-state index contributed by atoms with van der Waals surface area (Å²) in [4.78, 5) is 33.3. The van der Waals surface area contributed by atoms with Crippen molar-refractivity contribution in [3.8, 4) is 6.07 Å². The van der Waals surface area contributed by atoms with Crippen LogP contribution >= 0.6 is 0 Å². The standard InChI is InChI=1S/C24H41N7O3/c1-17(2)14-20(27-23(28-22(26)33)30-10-12-34-13-11-30)21(32)29-24(15-25)8-9-31(16-24)19-6-4-18(3)5-7-19/h17-20H,4-14,16H2,1-3H3,(H,29,32)(H3,26,27,28,33). The molecule has 0 aromatic carbocycles. The molecule has 4 N–H and O–H groups in total. The molecule has 1 aliphatic carbocycles. The number of nitrogens with one attached hydrogen (secondary N) is 2. The molecule has 10 nitrogen and oxygen atoms in total. The van der Waals surface area contributed by atoms with Gasteiger partial charge in [0.25, 0.3) is 0 Å². The van der Waals surface area contributed by atoms with Crippen LogP contribution in [-0.4, -0.2) is 84.7 Å². The second kappa shape index (κ2) is 11.8. The maximum absolute atomic E-state index is 13.5. The maximum Gasteiger partial charge on any atom is 0.341 e. The summed E-state index contributed by atoms with van der Waals surface area (Å²) in [6, 6.07) is 1.44. The number of hydrogen-bond donors (Lipinski definition) is 3.